The van der Waals surface area contributed by atoms with Crippen molar-refractivity contribution >= 4 is 28.9 Å². The van der Waals surface area contributed by atoms with E-state index in [4.69, 9.17) is 4.74 Å². The molecular formula is C29H31N5O3. The maximum Gasteiger partial charge on any atom is 0.253 e. The van der Waals surface area contributed by atoms with Crippen LogP contribution in [0.4, 0.5) is 0 Å². The molecule has 0 unspecified atom stereocenters. The van der Waals surface area contributed by atoms with Gasteiger partial charge in [-0.25, -0.2) is 4.98 Å². The number of benzene rings is 2. The van der Waals surface area contributed by atoms with E-state index in [1.807, 2.05) is 55.7 Å². The van der Waals surface area contributed by atoms with E-state index in [0.29, 0.717) is 24.2 Å². The third-order valence-electron chi connectivity index (χ3n) is 6.04. The van der Waals surface area contributed by atoms with Gasteiger partial charge in [0.25, 0.3) is 5.91 Å². The Hall–Kier alpha value is -4.43. The highest BCUT2D eigenvalue weighted by molar-refractivity contribution is 6.01. The van der Waals surface area contributed by atoms with Gasteiger partial charge in [-0.1, -0.05) is 30.3 Å². The van der Waals surface area contributed by atoms with Crippen LogP contribution in [-0.2, 0) is 4.79 Å². The van der Waals surface area contributed by atoms with Crippen molar-refractivity contribution in [3.8, 4) is 28.0 Å². The Balaban J connectivity index is 1.73. The minimum atomic E-state index is -0.214. The molecule has 2 amide bonds. The summed E-state index contributed by atoms with van der Waals surface area (Å²) in [5, 5.41) is 6.73. The number of fused-ring (bicyclic) bond motifs is 1. The number of nitrogens with zero attached hydrogens (tertiary/aromatic N) is 2. The summed E-state index contributed by atoms with van der Waals surface area (Å²) in [6, 6.07) is 15.5. The number of hydrogen-bond donors (Lipinski definition) is 3. The van der Waals surface area contributed by atoms with Gasteiger partial charge in [0, 0.05) is 73.3 Å². The molecule has 8 heteroatoms. The number of amides is 2. The lowest BCUT2D eigenvalue weighted by molar-refractivity contribution is -0.116. The molecule has 0 aliphatic carbocycles. The molecule has 190 valence electrons. The molecule has 37 heavy (non-hydrogen) atoms. The molecule has 0 saturated carbocycles. The van der Waals surface area contributed by atoms with Gasteiger partial charge >= 0.3 is 0 Å². The number of hydrogen-bond acceptors (Lipinski definition) is 5. The lowest BCUT2D eigenvalue weighted by Gasteiger charge is -2.14. The van der Waals surface area contributed by atoms with E-state index in [0.717, 1.165) is 39.0 Å². The van der Waals surface area contributed by atoms with Crippen LogP contribution in [0.5, 0.6) is 5.75 Å². The second-order valence-corrected chi connectivity index (χ2v) is 8.75. The Bertz CT molecular complexity index is 1460. The Morgan fingerprint density at radius 2 is 1.86 bits per heavy atom. The highest BCUT2D eigenvalue weighted by Gasteiger charge is 2.16. The second kappa shape index (κ2) is 11.5. The van der Waals surface area contributed by atoms with Gasteiger partial charge in [0.15, 0.2) is 0 Å². The fraction of sp³-hybridized carbons (Fsp3) is 0.207. The smallest absolute Gasteiger partial charge is 0.253 e. The van der Waals surface area contributed by atoms with E-state index in [-0.39, 0.29) is 11.8 Å². The van der Waals surface area contributed by atoms with Crippen LogP contribution in [0.3, 0.4) is 0 Å². The average molecular weight is 498 g/mol. The van der Waals surface area contributed by atoms with Crippen molar-refractivity contribution in [2.24, 2.45) is 0 Å². The Morgan fingerprint density at radius 1 is 1.05 bits per heavy atom. The van der Waals surface area contributed by atoms with Gasteiger partial charge in [0.1, 0.15) is 11.4 Å². The van der Waals surface area contributed by atoms with Gasteiger partial charge in [-0.05, 0) is 42.4 Å². The van der Waals surface area contributed by atoms with E-state index in [1.54, 1.807) is 33.5 Å². The first-order valence-corrected chi connectivity index (χ1v) is 12.0. The second-order valence-electron chi connectivity index (χ2n) is 8.75. The molecule has 2 aromatic carbocycles. The van der Waals surface area contributed by atoms with Crippen LogP contribution in [0, 0.1) is 0 Å². The first-order chi connectivity index (χ1) is 17.9. The molecule has 2 aromatic heterocycles. The molecule has 0 bridgehead atoms. The highest BCUT2D eigenvalue weighted by atomic mass is 16.5. The van der Waals surface area contributed by atoms with Crippen molar-refractivity contribution in [2.75, 3.05) is 41.3 Å². The van der Waals surface area contributed by atoms with Crippen molar-refractivity contribution in [3.05, 3.63) is 78.1 Å². The first-order valence-electron chi connectivity index (χ1n) is 12.0. The third kappa shape index (κ3) is 5.70. The zero-order chi connectivity index (χ0) is 26.4. The van der Waals surface area contributed by atoms with Crippen LogP contribution >= 0.6 is 0 Å². The number of ether oxygens (including phenoxy) is 1. The van der Waals surface area contributed by atoms with Gasteiger partial charge in [-0.15, -0.1) is 0 Å². The van der Waals surface area contributed by atoms with Crippen LogP contribution in [-0.4, -0.2) is 68.0 Å². The molecule has 0 aliphatic heterocycles. The Labute approximate surface area is 216 Å². The summed E-state index contributed by atoms with van der Waals surface area (Å²) in [5.74, 6) is 0.412. The Morgan fingerprint density at radius 3 is 2.62 bits per heavy atom. The van der Waals surface area contributed by atoms with Crippen LogP contribution in [0.1, 0.15) is 15.9 Å². The van der Waals surface area contributed by atoms with E-state index < -0.39 is 0 Å². The van der Waals surface area contributed by atoms with Crippen molar-refractivity contribution in [1.29, 1.82) is 0 Å². The molecule has 0 fully saturated rings. The summed E-state index contributed by atoms with van der Waals surface area (Å²) in [5.41, 5.74) is 5.59. The predicted molar refractivity (Wildman–Crippen MR) is 148 cm³/mol. The maximum absolute atomic E-state index is 13.0. The molecule has 0 spiro atoms. The zero-order valence-electron chi connectivity index (χ0n) is 21.5. The van der Waals surface area contributed by atoms with Crippen LogP contribution in [0.25, 0.3) is 39.4 Å². The summed E-state index contributed by atoms with van der Waals surface area (Å²) in [6.07, 6.45) is 6.83. The molecule has 4 aromatic rings. The molecule has 4 rings (SSSR count). The first kappa shape index (κ1) is 25.7. The maximum atomic E-state index is 13.0. The quantitative estimate of drug-likeness (QED) is 0.240. The predicted octanol–water partition coefficient (Wildman–Crippen LogP) is 3.96. The molecular weight excluding hydrogens is 466 g/mol. The topological polar surface area (TPSA) is 99.4 Å². The van der Waals surface area contributed by atoms with Crippen molar-refractivity contribution in [1.82, 2.24) is 25.5 Å². The summed E-state index contributed by atoms with van der Waals surface area (Å²) >= 11 is 0. The van der Waals surface area contributed by atoms with E-state index >= 15 is 0 Å². The number of likely N-dealkylation sites (N-methyl/N-ethyl adjacent to an activating group) is 1. The van der Waals surface area contributed by atoms with Crippen molar-refractivity contribution in [3.63, 3.8) is 0 Å². The Kier molecular flexibility index (Phi) is 8.00. The summed E-state index contributed by atoms with van der Waals surface area (Å²) in [4.78, 5) is 34.6. The summed E-state index contributed by atoms with van der Waals surface area (Å²) < 4.78 is 5.56. The normalized spacial score (nSPS) is 11.1. The zero-order valence-corrected chi connectivity index (χ0v) is 21.5. The molecule has 0 radical (unpaired) electrons. The summed E-state index contributed by atoms with van der Waals surface area (Å²) in [7, 11) is 6.90. The number of nitrogens with one attached hydrogen (secondary N) is 3. The average Bonchev–Trinajstić information content (AvgIpc) is 3.34. The van der Waals surface area contributed by atoms with Crippen LogP contribution in [0.2, 0.25) is 0 Å². The van der Waals surface area contributed by atoms with E-state index in [9.17, 15) is 9.59 Å². The number of carbonyl (C=O) groups is 2. The highest BCUT2D eigenvalue weighted by Crippen LogP contribution is 2.36. The number of methoxy groups -OCH3 is 1. The lowest BCUT2D eigenvalue weighted by atomic mass is 9.97. The van der Waals surface area contributed by atoms with Crippen molar-refractivity contribution < 1.29 is 14.3 Å². The number of carbonyl (C=O) groups excluding carboxylic acids is 2. The van der Waals surface area contributed by atoms with Gasteiger partial charge in [0.05, 0.1) is 7.11 Å². The molecule has 2 heterocycles. The van der Waals surface area contributed by atoms with Gasteiger partial charge in [-0.2, -0.15) is 0 Å². The molecule has 8 nitrogen and oxygen atoms in total. The monoisotopic (exact) mass is 497 g/mol. The number of para-hydroxylation sites is 1. The fourth-order valence-electron chi connectivity index (χ4n) is 4.09. The number of H-pyrrole nitrogens is 1. The fourth-order valence-corrected chi connectivity index (χ4v) is 4.09. The van der Waals surface area contributed by atoms with Crippen molar-refractivity contribution in [2.45, 2.75) is 0 Å². The van der Waals surface area contributed by atoms with Gasteiger partial charge < -0.3 is 25.3 Å². The van der Waals surface area contributed by atoms with E-state index in [2.05, 4.69) is 26.7 Å². The number of aromatic nitrogens is 2. The van der Waals surface area contributed by atoms with Crippen LogP contribution in [0.15, 0.2) is 67.0 Å². The number of rotatable bonds is 9. The lowest BCUT2D eigenvalue weighted by Crippen LogP contribution is -2.29. The molecule has 0 aliphatic rings. The molecule has 0 atom stereocenters. The molecule has 0 saturated heterocycles. The number of aromatic amines is 1. The largest absolute Gasteiger partial charge is 0.496 e. The SMILES string of the molecule is CNCCNC(=O)/C=C\c1ccc(-c2cnc3[nH]cc(-c4ccccc4OC)c3c2)cc1C(=O)N(C)C. The standard InChI is InChI=1S/C29H31N5O3/c1-30-13-14-31-27(35)12-11-19-9-10-20(15-23(19)29(36)34(2)3)21-16-24-25(18-33-28(24)32-17-21)22-7-5-6-8-26(22)37-4/h5-12,15-18,30H,13-14H2,1-4H3,(H,31,35)(H,32,33)/b12-11-. The number of pyridine rings is 1. The van der Waals surface area contributed by atoms with Gasteiger partial charge in [0.2, 0.25) is 5.91 Å². The van der Waals surface area contributed by atoms with Gasteiger partial charge in [-0.3, -0.25) is 9.59 Å². The third-order valence-corrected chi connectivity index (χ3v) is 6.04. The minimum Gasteiger partial charge on any atom is -0.496 e. The van der Waals surface area contributed by atoms with Crippen LogP contribution < -0.4 is 15.4 Å². The molecule has 3 N–H and O–H groups in total. The minimum absolute atomic E-state index is 0.150. The summed E-state index contributed by atoms with van der Waals surface area (Å²) in [6.45, 7) is 1.20. The van der Waals surface area contributed by atoms with E-state index in [1.165, 1.54) is 11.0 Å².